The summed E-state index contributed by atoms with van der Waals surface area (Å²) in [7, 11) is 1.59. The van der Waals surface area contributed by atoms with E-state index in [1.165, 1.54) is 16.7 Å². The van der Waals surface area contributed by atoms with Crippen LogP contribution in [0.3, 0.4) is 0 Å². The topological polar surface area (TPSA) is 87.7 Å². The minimum Gasteiger partial charge on any atom is -0.385 e. The maximum atomic E-state index is 13.3. The van der Waals surface area contributed by atoms with E-state index in [4.69, 9.17) is 4.74 Å². The molecule has 2 N–H and O–H groups in total. The smallest absolute Gasteiger partial charge is 0.278 e. The van der Waals surface area contributed by atoms with Crippen LogP contribution >= 0.6 is 11.8 Å². The van der Waals surface area contributed by atoms with Crippen molar-refractivity contribution in [2.75, 3.05) is 30.9 Å². The van der Waals surface area contributed by atoms with Crippen molar-refractivity contribution in [2.24, 2.45) is 0 Å². The van der Waals surface area contributed by atoms with Gasteiger partial charge in [0.2, 0.25) is 0 Å². The summed E-state index contributed by atoms with van der Waals surface area (Å²) < 4.78 is 5.09. The Morgan fingerprint density at radius 2 is 1.59 bits per heavy atom. The van der Waals surface area contributed by atoms with E-state index in [1.54, 1.807) is 31.4 Å². The summed E-state index contributed by atoms with van der Waals surface area (Å²) in [5, 5.41) is 6.06. The Bertz CT molecular complexity index is 1340. The number of benzene rings is 3. The predicted molar refractivity (Wildman–Crippen MR) is 146 cm³/mol. The van der Waals surface area contributed by atoms with Crippen LogP contribution < -0.4 is 10.6 Å². The molecule has 0 unspecified atom stereocenters. The Morgan fingerprint density at radius 1 is 0.892 bits per heavy atom. The Morgan fingerprint density at radius 3 is 2.27 bits per heavy atom. The number of methoxy groups -OCH3 is 1. The second-order valence-electron chi connectivity index (χ2n) is 8.68. The summed E-state index contributed by atoms with van der Waals surface area (Å²) in [5.41, 5.74) is 4.44. The number of aryl methyl sites for hydroxylation is 2. The van der Waals surface area contributed by atoms with Crippen molar-refractivity contribution >= 4 is 40.9 Å². The molecular formula is C29H29N3O4S. The molecule has 0 spiro atoms. The summed E-state index contributed by atoms with van der Waals surface area (Å²) in [6.07, 6.45) is 0.554. The number of ether oxygens (including phenoxy) is 1. The Labute approximate surface area is 220 Å². The molecule has 0 atom stereocenters. The van der Waals surface area contributed by atoms with Crippen LogP contribution in [0.15, 0.2) is 88.3 Å². The molecule has 1 aliphatic rings. The van der Waals surface area contributed by atoms with Gasteiger partial charge < -0.3 is 15.4 Å². The van der Waals surface area contributed by atoms with Gasteiger partial charge in [-0.25, -0.2) is 0 Å². The minimum absolute atomic E-state index is 0.202. The number of carbonyl (C=O) groups excluding carboxylic acids is 3. The molecule has 0 fully saturated rings. The lowest BCUT2D eigenvalue weighted by Crippen LogP contribution is -2.33. The normalized spacial score (nSPS) is 13.3. The Kier molecular flexibility index (Phi) is 8.43. The highest BCUT2D eigenvalue weighted by Gasteiger charge is 2.38. The van der Waals surface area contributed by atoms with Crippen LogP contribution in [0.4, 0.5) is 11.4 Å². The zero-order valence-electron chi connectivity index (χ0n) is 21.0. The van der Waals surface area contributed by atoms with Crippen molar-refractivity contribution in [2.45, 2.75) is 25.2 Å². The number of amides is 3. The first-order chi connectivity index (χ1) is 17.9. The molecule has 0 aliphatic carbocycles. The van der Waals surface area contributed by atoms with Crippen molar-refractivity contribution in [3.05, 3.63) is 100 Å². The highest BCUT2D eigenvalue weighted by Crippen LogP contribution is 2.36. The van der Waals surface area contributed by atoms with Crippen LogP contribution in [0.25, 0.3) is 0 Å². The van der Waals surface area contributed by atoms with Gasteiger partial charge in [-0.15, -0.1) is 0 Å². The number of hydrogen-bond donors (Lipinski definition) is 2. The molecule has 0 saturated heterocycles. The molecule has 0 bridgehead atoms. The maximum Gasteiger partial charge on any atom is 0.278 e. The fraction of sp³-hybridized carbons (Fsp3) is 0.207. The van der Waals surface area contributed by atoms with E-state index < -0.39 is 0 Å². The van der Waals surface area contributed by atoms with E-state index in [0.717, 1.165) is 21.7 Å². The highest BCUT2D eigenvalue weighted by atomic mass is 32.2. The molecular weight excluding hydrogens is 486 g/mol. The van der Waals surface area contributed by atoms with Gasteiger partial charge in [-0.05, 0) is 79.9 Å². The number of thioether (sulfide) groups is 1. The number of nitrogens with zero attached hydrogens (tertiary/aromatic N) is 1. The van der Waals surface area contributed by atoms with Gasteiger partial charge in [0.05, 0.1) is 0 Å². The zero-order valence-corrected chi connectivity index (χ0v) is 21.9. The number of hydrogen-bond acceptors (Lipinski definition) is 6. The molecule has 0 aromatic heterocycles. The van der Waals surface area contributed by atoms with Crippen molar-refractivity contribution in [1.29, 1.82) is 0 Å². The largest absolute Gasteiger partial charge is 0.385 e. The average Bonchev–Trinajstić information content (AvgIpc) is 3.11. The third-order valence-electron chi connectivity index (χ3n) is 6.00. The predicted octanol–water partition coefficient (Wildman–Crippen LogP) is 5.38. The van der Waals surface area contributed by atoms with Gasteiger partial charge in [0.1, 0.15) is 10.6 Å². The average molecular weight is 516 g/mol. The maximum absolute atomic E-state index is 13.3. The molecule has 3 aromatic rings. The van der Waals surface area contributed by atoms with Gasteiger partial charge in [0.25, 0.3) is 17.7 Å². The van der Waals surface area contributed by atoms with E-state index in [2.05, 4.69) is 10.6 Å². The SMILES string of the molecule is COCCCN1C(=O)C(Nc2ccc(C)c(C)c2)=C(Sc2ccc(NC(=O)c3ccccc3)cc2)C1=O. The zero-order chi connectivity index (χ0) is 26.4. The molecule has 8 heteroatoms. The van der Waals surface area contributed by atoms with Crippen LogP contribution in [0.2, 0.25) is 0 Å². The second-order valence-corrected chi connectivity index (χ2v) is 9.77. The number of rotatable bonds is 10. The molecule has 0 radical (unpaired) electrons. The van der Waals surface area contributed by atoms with Crippen molar-refractivity contribution in [3.63, 3.8) is 0 Å². The second kappa shape index (κ2) is 11.9. The van der Waals surface area contributed by atoms with Gasteiger partial charge >= 0.3 is 0 Å². The van der Waals surface area contributed by atoms with Gasteiger partial charge in [-0.3, -0.25) is 19.3 Å². The van der Waals surface area contributed by atoms with E-state index in [-0.39, 0.29) is 30.0 Å². The summed E-state index contributed by atoms with van der Waals surface area (Å²) in [4.78, 5) is 41.4. The lowest BCUT2D eigenvalue weighted by atomic mass is 10.1. The monoisotopic (exact) mass is 515 g/mol. The number of imide groups is 1. The van der Waals surface area contributed by atoms with E-state index in [0.29, 0.717) is 29.2 Å². The first kappa shape index (κ1) is 26.2. The third kappa shape index (κ3) is 6.28. The van der Waals surface area contributed by atoms with Gasteiger partial charge in [0, 0.05) is 42.1 Å². The summed E-state index contributed by atoms with van der Waals surface area (Å²) in [6, 6.07) is 22.0. The first-order valence-corrected chi connectivity index (χ1v) is 12.8. The van der Waals surface area contributed by atoms with Crippen molar-refractivity contribution < 1.29 is 19.1 Å². The summed E-state index contributed by atoms with van der Waals surface area (Å²) >= 11 is 1.23. The van der Waals surface area contributed by atoms with Crippen LogP contribution in [0, 0.1) is 13.8 Å². The number of anilines is 2. The van der Waals surface area contributed by atoms with E-state index in [9.17, 15) is 14.4 Å². The van der Waals surface area contributed by atoms with Gasteiger partial charge in [0.15, 0.2) is 0 Å². The molecule has 3 aromatic carbocycles. The fourth-order valence-electron chi connectivity index (χ4n) is 3.81. The molecule has 1 heterocycles. The van der Waals surface area contributed by atoms with Crippen LogP contribution in [-0.4, -0.2) is 42.9 Å². The standard InChI is InChI=1S/C29H29N3O4S/c1-19-10-11-23(18-20(19)2)30-25-26(29(35)32(28(25)34)16-7-17-36-3)37-24-14-12-22(13-15-24)31-27(33)21-8-5-4-6-9-21/h4-6,8-15,18,30H,7,16-17H2,1-3H3,(H,31,33). The Balaban J connectivity index is 1.55. The summed E-state index contributed by atoms with van der Waals surface area (Å²) in [5.74, 6) is -0.890. The quantitative estimate of drug-likeness (QED) is 0.279. The van der Waals surface area contributed by atoms with Crippen LogP contribution in [0.1, 0.15) is 27.9 Å². The number of nitrogens with one attached hydrogen (secondary N) is 2. The number of carbonyl (C=O) groups is 3. The summed E-state index contributed by atoms with van der Waals surface area (Å²) in [6.45, 7) is 4.75. The van der Waals surface area contributed by atoms with E-state index >= 15 is 0 Å². The van der Waals surface area contributed by atoms with Gasteiger partial charge in [-0.2, -0.15) is 0 Å². The van der Waals surface area contributed by atoms with Crippen molar-refractivity contribution in [3.8, 4) is 0 Å². The van der Waals surface area contributed by atoms with Gasteiger partial charge in [-0.1, -0.05) is 36.0 Å². The molecule has 3 amide bonds. The van der Waals surface area contributed by atoms with Crippen LogP contribution in [-0.2, 0) is 14.3 Å². The minimum atomic E-state index is -0.353. The van der Waals surface area contributed by atoms with E-state index in [1.807, 2.05) is 62.4 Å². The first-order valence-electron chi connectivity index (χ1n) is 12.0. The molecule has 7 nitrogen and oxygen atoms in total. The lowest BCUT2D eigenvalue weighted by Gasteiger charge is -2.15. The third-order valence-corrected chi connectivity index (χ3v) is 7.09. The molecule has 1 aliphatic heterocycles. The van der Waals surface area contributed by atoms with Crippen molar-refractivity contribution in [1.82, 2.24) is 4.90 Å². The lowest BCUT2D eigenvalue weighted by molar-refractivity contribution is -0.137. The highest BCUT2D eigenvalue weighted by molar-refractivity contribution is 8.04. The molecule has 0 saturated carbocycles. The fourth-order valence-corrected chi connectivity index (χ4v) is 4.76. The molecule has 37 heavy (non-hydrogen) atoms. The van der Waals surface area contributed by atoms with Crippen LogP contribution in [0.5, 0.6) is 0 Å². The molecule has 4 rings (SSSR count). The molecule has 190 valence electrons. The Hall–Kier alpha value is -3.88.